The summed E-state index contributed by atoms with van der Waals surface area (Å²) in [6, 6.07) is 11.7. The third-order valence-electron chi connectivity index (χ3n) is 3.14. The van der Waals surface area contributed by atoms with E-state index in [4.69, 9.17) is 16.4 Å². The van der Waals surface area contributed by atoms with Crippen LogP contribution in [0.1, 0.15) is 12.0 Å². The van der Waals surface area contributed by atoms with Crippen LogP contribution in [0.4, 0.5) is 11.5 Å². The summed E-state index contributed by atoms with van der Waals surface area (Å²) in [5, 5.41) is 6.82. The molecule has 1 aromatic heterocycles. The highest BCUT2D eigenvalue weighted by Crippen LogP contribution is 2.20. The van der Waals surface area contributed by atoms with Crippen LogP contribution < -0.4 is 27.2 Å². The molecule has 1 aromatic carbocycles. The van der Waals surface area contributed by atoms with Gasteiger partial charge in [0.15, 0.2) is 0 Å². The minimum Gasteiger partial charge on any atom is -0.497 e. The molecule has 7 nitrogen and oxygen atoms in total. The first-order chi connectivity index (χ1) is 10.7. The molecule has 0 unspecified atom stereocenters. The van der Waals surface area contributed by atoms with Gasteiger partial charge in [-0.3, -0.25) is 0 Å². The second kappa shape index (κ2) is 7.84. The maximum absolute atomic E-state index is 5.31. The van der Waals surface area contributed by atoms with Gasteiger partial charge in [0.25, 0.3) is 0 Å². The molecule has 1 heterocycles. The van der Waals surface area contributed by atoms with Crippen molar-refractivity contribution in [3.63, 3.8) is 0 Å². The van der Waals surface area contributed by atoms with Crippen molar-refractivity contribution < 1.29 is 4.74 Å². The van der Waals surface area contributed by atoms with E-state index in [2.05, 4.69) is 20.8 Å². The summed E-state index contributed by atoms with van der Waals surface area (Å²) in [5.41, 5.74) is 4.57. The molecule has 0 spiro atoms. The highest BCUT2D eigenvalue weighted by molar-refractivity contribution is 5.81. The Morgan fingerprint density at radius 2 is 2.18 bits per heavy atom. The van der Waals surface area contributed by atoms with Crippen molar-refractivity contribution in [2.45, 2.75) is 12.8 Å². The molecule has 6 N–H and O–H groups in total. The summed E-state index contributed by atoms with van der Waals surface area (Å²) in [5.74, 6) is 12.6. The van der Waals surface area contributed by atoms with Crippen molar-refractivity contribution in [2.75, 3.05) is 12.4 Å². The smallest absolute Gasteiger partial charge is 0.136 e. The lowest BCUT2D eigenvalue weighted by molar-refractivity contribution is 0.414. The number of hydrogen-bond donors (Lipinski definition) is 4. The predicted octanol–water partition coefficient (Wildman–Crippen LogP) is 1.50. The number of hydrazone groups is 1. The van der Waals surface area contributed by atoms with Gasteiger partial charge in [0.1, 0.15) is 17.4 Å². The van der Waals surface area contributed by atoms with Crippen LogP contribution in [0.25, 0.3) is 0 Å². The number of rotatable bonds is 6. The first kappa shape index (κ1) is 15.6. The van der Waals surface area contributed by atoms with Crippen molar-refractivity contribution >= 4 is 17.3 Å². The lowest BCUT2D eigenvalue weighted by Crippen LogP contribution is -2.31. The highest BCUT2D eigenvalue weighted by Gasteiger charge is 2.02. The molecule has 0 aliphatic carbocycles. The minimum absolute atomic E-state index is 0.563. The molecule has 116 valence electrons. The molecule has 0 fully saturated rings. The average molecular weight is 300 g/mol. The van der Waals surface area contributed by atoms with Gasteiger partial charge in [-0.25, -0.2) is 10.8 Å². The molecule has 0 aliphatic heterocycles. The second-order valence-electron chi connectivity index (χ2n) is 4.63. The lowest BCUT2D eigenvalue weighted by Gasteiger charge is -2.09. The van der Waals surface area contributed by atoms with Gasteiger partial charge < -0.3 is 21.3 Å². The van der Waals surface area contributed by atoms with Gasteiger partial charge in [-0.15, -0.1) is 0 Å². The quantitative estimate of drug-likeness (QED) is 0.278. The van der Waals surface area contributed by atoms with Crippen LogP contribution in [0, 0.1) is 0 Å². The summed E-state index contributed by atoms with van der Waals surface area (Å²) in [7, 11) is 1.63. The van der Waals surface area contributed by atoms with E-state index in [0.29, 0.717) is 12.3 Å². The number of nitrogens with zero attached hydrogens (tertiary/aromatic N) is 2. The van der Waals surface area contributed by atoms with E-state index in [-0.39, 0.29) is 0 Å². The zero-order valence-electron chi connectivity index (χ0n) is 12.4. The Bertz CT molecular complexity index is 643. The van der Waals surface area contributed by atoms with Crippen LogP contribution in [0.2, 0.25) is 0 Å². The first-order valence-corrected chi connectivity index (χ1v) is 6.84. The maximum atomic E-state index is 5.31. The van der Waals surface area contributed by atoms with Gasteiger partial charge in [0.05, 0.1) is 7.11 Å². The van der Waals surface area contributed by atoms with Gasteiger partial charge in [-0.05, 0) is 30.2 Å². The number of anilines is 2. The van der Waals surface area contributed by atoms with Crippen molar-refractivity contribution in [2.24, 2.45) is 16.8 Å². The van der Waals surface area contributed by atoms with E-state index in [1.807, 2.05) is 30.3 Å². The maximum Gasteiger partial charge on any atom is 0.136 e. The number of amidine groups is 1. The Kier molecular flexibility index (Phi) is 5.56. The topological polar surface area (TPSA) is 111 Å². The van der Waals surface area contributed by atoms with Crippen molar-refractivity contribution in [3.8, 4) is 5.75 Å². The van der Waals surface area contributed by atoms with E-state index >= 15 is 0 Å². The third-order valence-corrected chi connectivity index (χ3v) is 3.14. The number of nitrogens with two attached hydrogens (primary N) is 2. The van der Waals surface area contributed by atoms with Gasteiger partial charge in [-0.2, -0.15) is 5.10 Å². The SMILES string of the molecule is COc1ccnc(Nc2cccc(CC/C(=N/N)NN)c2)c1. The Morgan fingerprint density at radius 1 is 1.32 bits per heavy atom. The van der Waals surface area contributed by atoms with Crippen LogP contribution in [-0.2, 0) is 6.42 Å². The molecular formula is C15H20N6O. The Labute approximate surface area is 129 Å². The van der Waals surface area contributed by atoms with Crippen LogP contribution in [-0.4, -0.2) is 17.9 Å². The molecule has 22 heavy (non-hydrogen) atoms. The third kappa shape index (κ3) is 4.35. The molecule has 0 amide bonds. The van der Waals surface area contributed by atoms with Crippen LogP contribution in [0.15, 0.2) is 47.7 Å². The molecule has 0 radical (unpaired) electrons. The van der Waals surface area contributed by atoms with Gasteiger partial charge in [0, 0.05) is 24.4 Å². The predicted molar refractivity (Wildman–Crippen MR) is 87.8 cm³/mol. The summed E-state index contributed by atoms with van der Waals surface area (Å²) >= 11 is 0. The number of pyridine rings is 1. The molecular weight excluding hydrogens is 280 g/mol. The minimum atomic E-state index is 0.563. The number of benzene rings is 1. The highest BCUT2D eigenvalue weighted by atomic mass is 16.5. The number of ether oxygens (including phenoxy) is 1. The summed E-state index contributed by atoms with van der Waals surface area (Å²) in [6.07, 6.45) is 3.12. The molecule has 7 heteroatoms. The number of aromatic nitrogens is 1. The van der Waals surface area contributed by atoms with E-state index in [1.54, 1.807) is 19.4 Å². The first-order valence-electron chi connectivity index (χ1n) is 6.84. The molecule has 0 aliphatic rings. The number of aryl methyl sites for hydroxylation is 1. The molecule has 2 aromatic rings. The average Bonchev–Trinajstić information content (AvgIpc) is 2.56. The molecule has 0 saturated heterocycles. The summed E-state index contributed by atoms with van der Waals surface area (Å²) < 4.78 is 5.18. The second-order valence-corrected chi connectivity index (χ2v) is 4.63. The van der Waals surface area contributed by atoms with E-state index in [9.17, 15) is 0 Å². The van der Waals surface area contributed by atoms with Crippen LogP contribution in [0.5, 0.6) is 5.75 Å². The van der Waals surface area contributed by atoms with Crippen molar-refractivity contribution in [1.29, 1.82) is 0 Å². The van der Waals surface area contributed by atoms with Gasteiger partial charge in [0.2, 0.25) is 0 Å². The van der Waals surface area contributed by atoms with E-state index in [0.717, 1.165) is 29.2 Å². The van der Waals surface area contributed by atoms with Gasteiger partial charge in [-0.1, -0.05) is 12.1 Å². The fraction of sp³-hybridized carbons (Fsp3) is 0.200. The van der Waals surface area contributed by atoms with Crippen LogP contribution in [0.3, 0.4) is 0 Å². The Morgan fingerprint density at radius 3 is 2.91 bits per heavy atom. The Balaban J connectivity index is 2.04. The number of nitrogens with one attached hydrogen (secondary N) is 2. The molecule has 2 rings (SSSR count). The van der Waals surface area contributed by atoms with E-state index in [1.165, 1.54) is 0 Å². The standard InChI is InChI=1S/C15H20N6O/c1-22-13-7-8-18-15(10-13)19-12-4-2-3-11(9-12)5-6-14(20-16)21-17/h2-4,7-10H,5-6,16-17H2,1H3,(H,18,19)(H,20,21). The number of methoxy groups -OCH3 is 1. The largest absolute Gasteiger partial charge is 0.497 e. The fourth-order valence-electron chi connectivity index (χ4n) is 2.00. The summed E-state index contributed by atoms with van der Waals surface area (Å²) in [4.78, 5) is 4.26. The fourth-order valence-corrected chi connectivity index (χ4v) is 2.00. The summed E-state index contributed by atoms with van der Waals surface area (Å²) in [6.45, 7) is 0. The molecule has 0 saturated carbocycles. The van der Waals surface area contributed by atoms with Gasteiger partial charge >= 0.3 is 0 Å². The molecule has 0 atom stereocenters. The van der Waals surface area contributed by atoms with Crippen molar-refractivity contribution in [1.82, 2.24) is 10.4 Å². The lowest BCUT2D eigenvalue weighted by atomic mass is 10.1. The number of hydrogen-bond acceptors (Lipinski definition) is 6. The molecule has 0 bridgehead atoms. The normalized spacial score (nSPS) is 11.1. The monoisotopic (exact) mass is 300 g/mol. The van der Waals surface area contributed by atoms with Crippen molar-refractivity contribution in [3.05, 3.63) is 48.2 Å². The van der Waals surface area contributed by atoms with Crippen LogP contribution >= 0.6 is 0 Å². The van der Waals surface area contributed by atoms with E-state index < -0.39 is 0 Å². The zero-order chi connectivity index (χ0) is 15.8. The zero-order valence-corrected chi connectivity index (χ0v) is 12.4. The Hall–Kier alpha value is -2.80. The number of hydrazine groups is 1.